The van der Waals surface area contributed by atoms with Crippen molar-refractivity contribution in [1.82, 2.24) is 4.31 Å². The van der Waals surface area contributed by atoms with E-state index >= 15 is 0 Å². The molecule has 1 heterocycles. The Labute approximate surface area is 126 Å². The van der Waals surface area contributed by atoms with E-state index in [1.54, 1.807) is 12.1 Å². The van der Waals surface area contributed by atoms with Crippen molar-refractivity contribution in [1.29, 1.82) is 0 Å². The van der Waals surface area contributed by atoms with E-state index < -0.39 is 10.0 Å². The van der Waals surface area contributed by atoms with Gasteiger partial charge in [0.05, 0.1) is 18.0 Å². The fourth-order valence-corrected chi connectivity index (χ4v) is 4.25. The predicted molar refractivity (Wildman–Crippen MR) is 79.3 cm³/mol. The Bertz CT molecular complexity index is 657. The number of alkyl halides is 1. The van der Waals surface area contributed by atoms with Crippen molar-refractivity contribution in [3.8, 4) is 0 Å². The molecule has 0 amide bonds. The molecule has 0 radical (unpaired) electrons. The van der Waals surface area contributed by atoms with Gasteiger partial charge < -0.3 is 4.74 Å². The summed E-state index contributed by atoms with van der Waals surface area (Å²) in [6.45, 7) is 0.780. The summed E-state index contributed by atoms with van der Waals surface area (Å²) in [4.78, 5) is 0.157. The summed E-state index contributed by atoms with van der Waals surface area (Å²) in [7, 11) is -2.13. The summed E-state index contributed by atoms with van der Waals surface area (Å²) < 4.78 is 39.8. The van der Waals surface area contributed by atoms with Crippen molar-refractivity contribution >= 4 is 44.4 Å². The van der Waals surface area contributed by atoms with E-state index in [4.69, 9.17) is 16.3 Å². The summed E-state index contributed by atoms with van der Waals surface area (Å²) in [5, 5.41) is 0. The highest BCUT2D eigenvalue weighted by molar-refractivity contribution is 7.89. The molecule has 20 heavy (non-hydrogen) atoms. The standard InChI is InChI=1S/C11H14ClN3O3S2/c1-18-8-7-15(6-5-12)20(16,17)10-4-2-3-9-11(10)14-19-13-9/h2-4H,5-8H2,1H3. The number of rotatable bonds is 7. The SMILES string of the molecule is COCCN(CCCl)S(=O)(=O)c1cccc2c1N=S=N2. The van der Waals surface area contributed by atoms with Gasteiger partial charge in [0.1, 0.15) is 16.3 Å². The molecule has 110 valence electrons. The van der Waals surface area contributed by atoms with Crippen LogP contribution in [0.25, 0.3) is 0 Å². The third-order valence-electron chi connectivity index (χ3n) is 2.75. The Morgan fingerprint density at radius 1 is 1.35 bits per heavy atom. The van der Waals surface area contributed by atoms with E-state index in [1.807, 2.05) is 0 Å². The van der Waals surface area contributed by atoms with E-state index in [0.717, 1.165) is 11.4 Å². The summed E-state index contributed by atoms with van der Waals surface area (Å²) in [5.74, 6) is 0.217. The van der Waals surface area contributed by atoms with Crippen LogP contribution in [0.15, 0.2) is 31.8 Å². The third-order valence-corrected chi connectivity index (χ3v) is 5.39. The maximum absolute atomic E-state index is 12.7. The molecule has 0 unspecified atom stereocenters. The first-order valence-corrected chi connectivity index (χ1v) is 8.58. The molecule has 1 aliphatic heterocycles. The van der Waals surface area contributed by atoms with Gasteiger partial charge in [0, 0.05) is 26.1 Å². The minimum absolute atomic E-state index is 0.157. The van der Waals surface area contributed by atoms with Gasteiger partial charge in [-0.3, -0.25) is 0 Å². The highest BCUT2D eigenvalue weighted by Gasteiger charge is 2.28. The Morgan fingerprint density at radius 2 is 2.15 bits per heavy atom. The lowest BCUT2D eigenvalue weighted by molar-refractivity contribution is 0.180. The molecule has 2 rings (SSSR count). The van der Waals surface area contributed by atoms with Gasteiger partial charge in [0.15, 0.2) is 0 Å². The number of fused-ring (bicyclic) bond motifs is 1. The molecule has 1 aromatic rings. The van der Waals surface area contributed by atoms with Gasteiger partial charge in [-0.1, -0.05) is 6.07 Å². The van der Waals surface area contributed by atoms with Crippen LogP contribution < -0.4 is 0 Å². The topological polar surface area (TPSA) is 71.3 Å². The van der Waals surface area contributed by atoms with E-state index in [2.05, 4.69) is 8.73 Å². The second kappa shape index (κ2) is 6.77. The van der Waals surface area contributed by atoms with E-state index in [-0.39, 0.29) is 23.9 Å². The first-order chi connectivity index (χ1) is 9.61. The Morgan fingerprint density at radius 3 is 2.85 bits per heavy atom. The third kappa shape index (κ3) is 3.09. The van der Waals surface area contributed by atoms with Crippen molar-refractivity contribution < 1.29 is 13.2 Å². The number of hydrogen-bond acceptors (Lipinski definition) is 5. The maximum atomic E-state index is 12.7. The summed E-state index contributed by atoms with van der Waals surface area (Å²) >= 11 is 6.69. The van der Waals surface area contributed by atoms with Crippen LogP contribution in [0.4, 0.5) is 11.4 Å². The predicted octanol–water partition coefficient (Wildman–Crippen LogP) is 2.29. The average molecular weight is 336 g/mol. The molecule has 0 aromatic heterocycles. The summed E-state index contributed by atoms with van der Waals surface area (Å²) in [6, 6.07) is 4.93. The molecule has 9 heteroatoms. The number of sulfonamides is 1. The van der Waals surface area contributed by atoms with Crippen LogP contribution in [0, 0.1) is 0 Å². The largest absolute Gasteiger partial charge is 0.383 e. The summed E-state index contributed by atoms with van der Waals surface area (Å²) in [5.41, 5.74) is 0.975. The fraction of sp³-hybridized carbons (Fsp3) is 0.455. The molecule has 0 saturated carbocycles. The minimum atomic E-state index is -3.66. The van der Waals surface area contributed by atoms with Crippen LogP contribution >= 0.6 is 11.6 Å². The molecule has 1 aliphatic rings. The first-order valence-electron chi connectivity index (χ1n) is 5.87. The number of halogens is 1. The van der Waals surface area contributed by atoms with Gasteiger partial charge in [0.2, 0.25) is 10.0 Å². The van der Waals surface area contributed by atoms with E-state index in [0.29, 0.717) is 18.0 Å². The van der Waals surface area contributed by atoms with Crippen LogP contribution in [-0.2, 0) is 26.1 Å². The van der Waals surface area contributed by atoms with Crippen LogP contribution in [-0.4, -0.2) is 45.4 Å². The van der Waals surface area contributed by atoms with Gasteiger partial charge in [-0.15, -0.1) is 11.6 Å². The second-order valence-electron chi connectivity index (χ2n) is 3.97. The first kappa shape index (κ1) is 15.6. The molecule has 1 aromatic carbocycles. The van der Waals surface area contributed by atoms with Gasteiger partial charge in [-0.05, 0) is 12.1 Å². The van der Waals surface area contributed by atoms with E-state index in [1.165, 1.54) is 17.5 Å². The lowest BCUT2D eigenvalue weighted by atomic mass is 10.3. The number of benzene rings is 1. The number of methoxy groups -OCH3 is 1. The smallest absolute Gasteiger partial charge is 0.245 e. The monoisotopic (exact) mass is 335 g/mol. The van der Waals surface area contributed by atoms with Gasteiger partial charge >= 0.3 is 0 Å². The minimum Gasteiger partial charge on any atom is -0.383 e. The molecule has 0 atom stereocenters. The van der Waals surface area contributed by atoms with Crippen molar-refractivity contribution in [2.75, 3.05) is 32.7 Å². The second-order valence-corrected chi connectivity index (χ2v) is 6.79. The fourth-order valence-electron chi connectivity index (χ4n) is 1.77. The van der Waals surface area contributed by atoms with Gasteiger partial charge in [-0.2, -0.15) is 13.0 Å². The zero-order valence-electron chi connectivity index (χ0n) is 10.8. The quantitative estimate of drug-likeness (QED) is 0.729. The molecule has 0 bridgehead atoms. The highest BCUT2D eigenvalue weighted by Crippen LogP contribution is 2.38. The Kier molecular flexibility index (Phi) is 5.28. The normalized spacial score (nSPS) is 13.6. The van der Waals surface area contributed by atoms with Crippen molar-refractivity contribution in [3.05, 3.63) is 18.2 Å². The number of ether oxygens (including phenoxy) is 1. The highest BCUT2D eigenvalue weighted by atomic mass is 35.5. The molecule has 0 fully saturated rings. The maximum Gasteiger partial charge on any atom is 0.245 e. The Hall–Kier alpha value is -0.800. The number of hydrogen-bond donors (Lipinski definition) is 0. The molecular weight excluding hydrogens is 322 g/mol. The van der Waals surface area contributed by atoms with Crippen LogP contribution in [0.3, 0.4) is 0 Å². The van der Waals surface area contributed by atoms with Crippen LogP contribution in [0.2, 0.25) is 0 Å². The van der Waals surface area contributed by atoms with Crippen molar-refractivity contribution in [3.63, 3.8) is 0 Å². The van der Waals surface area contributed by atoms with Crippen molar-refractivity contribution in [2.24, 2.45) is 8.73 Å². The lowest BCUT2D eigenvalue weighted by Gasteiger charge is -2.21. The lowest BCUT2D eigenvalue weighted by Crippen LogP contribution is -2.35. The Balaban J connectivity index is 2.38. The van der Waals surface area contributed by atoms with Crippen LogP contribution in [0.1, 0.15) is 0 Å². The van der Waals surface area contributed by atoms with E-state index in [9.17, 15) is 8.42 Å². The zero-order valence-corrected chi connectivity index (χ0v) is 13.2. The molecule has 0 saturated heterocycles. The van der Waals surface area contributed by atoms with Crippen LogP contribution in [0.5, 0.6) is 0 Å². The molecule has 6 nitrogen and oxygen atoms in total. The summed E-state index contributed by atoms with van der Waals surface area (Å²) in [6.07, 6.45) is 0. The van der Waals surface area contributed by atoms with Crippen molar-refractivity contribution in [2.45, 2.75) is 4.90 Å². The molecule has 0 spiro atoms. The zero-order chi connectivity index (χ0) is 14.6. The van der Waals surface area contributed by atoms with Gasteiger partial charge in [-0.25, -0.2) is 8.42 Å². The molecule has 0 aliphatic carbocycles. The number of nitrogens with zero attached hydrogens (tertiary/aromatic N) is 3. The molecule has 0 N–H and O–H groups in total. The van der Waals surface area contributed by atoms with Gasteiger partial charge in [0.25, 0.3) is 0 Å². The average Bonchev–Trinajstić information content (AvgIpc) is 2.91. The molecular formula is C11H14ClN3O3S2.